The number of hydrogen-bond donors (Lipinski definition) is 2. The van der Waals surface area contributed by atoms with Gasteiger partial charge in [-0.1, -0.05) is 17.7 Å². The molecule has 0 saturated carbocycles. The predicted octanol–water partition coefficient (Wildman–Crippen LogP) is 2.12. The first kappa shape index (κ1) is 19.5. The van der Waals surface area contributed by atoms with E-state index >= 15 is 0 Å². The van der Waals surface area contributed by atoms with E-state index in [1.165, 1.54) is 5.56 Å². The molecule has 1 saturated heterocycles. The number of rotatable bonds is 10. The number of aliphatic imine (C=N–C) groups is 1. The van der Waals surface area contributed by atoms with Gasteiger partial charge in [-0.05, 0) is 38.3 Å². The molecular formula is C19H31N3O3. The van der Waals surface area contributed by atoms with Gasteiger partial charge in [-0.2, -0.15) is 0 Å². The van der Waals surface area contributed by atoms with Gasteiger partial charge >= 0.3 is 0 Å². The zero-order valence-corrected chi connectivity index (χ0v) is 15.4. The topological polar surface area (TPSA) is 64.1 Å². The molecule has 0 radical (unpaired) electrons. The molecule has 2 N–H and O–H groups in total. The highest BCUT2D eigenvalue weighted by molar-refractivity contribution is 5.79. The highest BCUT2D eigenvalue weighted by Gasteiger charge is 2.15. The molecule has 6 nitrogen and oxygen atoms in total. The Balaban J connectivity index is 1.46. The number of nitrogens with one attached hydrogen (secondary N) is 2. The van der Waals surface area contributed by atoms with Crippen LogP contribution in [0.1, 0.15) is 24.8 Å². The Bertz CT molecular complexity index is 499. The van der Waals surface area contributed by atoms with Crippen molar-refractivity contribution in [3.63, 3.8) is 0 Å². The van der Waals surface area contributed by atoms with E-state index in [0.29, 0.717) is 6.61 Å². The molecule has 0 aromatic heterocycles. The van der Waals surface area contributed by atoms with Gasteiger partial charge < -0.3 is 24.8 Å². The summed E-state index contributed by atoms with van der Waals surface area (Å²) < 4.78 is 16.7. The Labute approximate surface area is 151 Å². The molecule has 25 heavy (non-hydrogen) atoms. The van der Waals surface area contributed by atoms with Crippen LogP contribution >= 0.6 is 0 Å². The summed E-state index contributed by atoms with van der Waals surface area (Å²) in [5, 5.41) is 6.59. The average molecular weight is 349 g/mol. The molecule has 1 aliphatic rings. The van der Waals surface area contributed by atoms with Crippen molar-refractivity contribution in [3.8, 4) is 5.75 Å². The second-order valence-electron chi connectivity index (χ2n) is 6.15. The lowest BCUT2D eigenvalue weighted by Crippen LogP contribution is -2.38. The highest BCUT2D eigenvalue weighted by Crippen LogP contribution is 2.11. The Hall–Kier alpha value is -1.79. The van der Waals surface area contributed by atoms with Crippen molar-refractivity contribution >= 4 is 5.96 Å². The van der Waals surface area contributed by atoms with Crippen LogP contribution in [0.25, 0.3) is 0 Å². The first-order valence-electron chi connectivity index (χ1n) is 9.11. The van der Waals surface area contributed by atoms with Crippen molar-refractivity contribution < 1.29 is 14.2 Å². The Morgan fingerprint density at radius 3 is 2.52 bits per heavy atom. The lowest BCUT2D eigenvalue weighted by molar-refractivity contribution is 0.0420. The standard InChI is InChI=1S/C19H31N3O3/c1-16-5-7-17(8-6-16)24-12-3-10-21-19(20-2)22-11-4-13-25-18-9-14-23-15-18/h5-8,18H,3-4,9-15H2,1-2H3,(H2,20,21,22). The molecule has 1 fully saturated rings. The maximum Gasteiger partial charge on any atom is 0.190 e. The quantitative estimate of drug-likeness (QED) is 0.385. The second-order valence-corrected chi connectivity index (χ2v) is 6.15. The van der Waals surface area contributed by atoms with Gasteiger partial charge in [0, 0.05) is 33.4 Å². The van der Waals surface area contributed by atoms with Gasteiger partial charge in [0.25, 0.3) is 0 Å². The molecular weight excluding hydrogens is 318 g/mol. The van der Waals surface area contributed by atoms with Gasteiger partial charge in [0.15, 0.2) is 5.96 Å². The molecule has 6 heteroatoms. The summed E-state index contributed by atoms with van der Waals surface area (Å²) in [6.07, 6.45) is 3.17. The summed E-state index contributed by atoms with van der Waals surface area (Å²) in [5.74, 6) is 1.74. The minimum atomic E-state index is 0.283. The summed E-state index contributed by atoms with van der Waals surface area (Å²) >= 11 is 0. The van der Waals surface area contributed by atoms with Crippen LogP contribution in [0.2, 0.25) is 0 Å². The Kier molecular flexibility index (Phi) is 9.15. The van der Waals surface area contributed by atoms with Crippen LogP contribution in [0.3, 0.4) is 0 Å². The van der Waals surface area contributed by atoms with Crippen molar-refractivity contribution in [2.45, 2.75) is 32.3 Å². The van der Waals surface area contributed by atoms with Gasteiger partial charge in [0.05, 0.1) is 19.3 Å². The molecule has 0 aliphatic carbocycles. The number of hydrogen-bond acceptors (Lipinski definition) is 4. The Morgan fingerprint density at radius 2 is 1.88 bits per heavy atom. The lowest BCUT2D eigenvalue weighted by Gasteiger charge is -2.13. The van der Waals surface area contributed by atoms with Gasteiger partial charge in [-0.25, -0.2) is 0 Å². The third kappa shape index (κ3) is 8.23. The van der Waals surface area contributed by atoms with Gasteiger partial charge in [0.1, 0.15) is 5.75 Å². The molecule has 0 amide bonds. The molecule has 0 bridgehead atoms. The molecule has 1 aliphatic heterocycles. The van der Waals surface area contributed by atoms with Crippen molar-refractivity contribution in [2.75, 3.05) is 46.6 Å². The Morgan fingerprint density at radius 1 is 1.16 bits per heavy atom. The number of benzene rings is 1. The third-order valence-corrected chi connectivity index (χ3v) is 3.98. The monoisotopic (exact) mass is 349 g/mol. The summed E-state index contributed by atoms with van der Waals surface area (Å²) in [7, 11) is 1.78. The van der Waals surface area contributed by atoms with Gasteiger partial charge in [0.2, 0.25) is 0 Å². The van der Waals surface area contributed by atoms with E-state index in [9.17, 15) is 0 Å². The summed E-state index contributed by atoms with van der Waals surface area (Å²) in [6, 6.07) is 8.12. The zero-order chi connectivity index (χ0) is 17.7. The highest BCUT2D eigenvalue weighted by atomic mass is 16.5. The summed E-state index contributed by atoms with van der Waals surface area (Å²) in [5.41, 5.74) is 1.24. The molecule has 1 atom stereocenters. The van der Waals surface area contributed by atoms with Crippen LogP contribution in [0.5, 0.6) is 5.75 Å². The van der Waals surface area contributed by atoms with Crippen LogP contribution in [0, 0.1) is 6.92 Å². The maximum absolute atomic E-state index is 5.74. The van der Waals surface area contributed by atoms with E-state index < -0.39 is 0 Å². The summed E-state index contributed by atoms with van der Waals surface area (Å²) in [6.45, 7) is 6.73. The minimum absolute atomic E-state index is 0.283. The molecule has 0 spiro atoms. The maximum atomic E-state index is 5.74. The van der Waals surface area contributed by atoms with Crippen molar-refractivity contribution in [2.24, 2.45) is 4.99 Å². The van der Waals surface area contributed by atoms with Crippen LogP contribution < -0.4 is 15.4 Å². The van der Waals surface area contributed by atoms with E-state index in [1.54, 1.807) is 7.05 Å². The SMILES string of the molecule is CN=C(NCCCOc1ccc(C)cc1)NCCCOC1CCOC1. The fraction of sp³-hybridized carbons (Fsp3) is 0.632. The second kappa shape index (κ2) is 11.7. The smallest absolute Gasteiger partial charge is 0.190 e. The largest absolute Gasteiger partial charge is 0.494 e. The van der Waals surface area contributed by atoms with E-state index in [1.807, 2.05) is 12.1 Å². The molecule has 1 heterocycles. The molecule has 1 aromatic carbocycles. The van der Waals surface area contributed by atoms with E-state index in [2.05, 4.69) is 34.7 Å². The van der Waals surface area contributed by atoms with Crippen LogP contribution in [0.4, 0.5) is 0 Å². The van der Waals surface area contributed by atoms with Crippen molar-refractivity contribution in [1.29, 1.82) is 0 Å². The van der Waals surface area contributed by atoms with Crippen LogP contribution in [0.15, 0.2) is 29.3 Å². The first-order chi connectivity index (χ1) is 12.3. The fourth-order valence-electron chi connectivity index (χ4n) is 2.50. The summed E-state index contributed by atoms with van der Waals surface area (Å²) in [4.78, 5) is 4.22. The zero-order valence-electron chi connectivity index (χ0n) is 15.4. The average Bonchev–Trinajstić information content (AvgIpc) is 3.14. The number of guanidine groups is 1. The van der Waals surface area contributed by atoms with Crippen LogP contribution in [-0.4, -0.2) is 58.6 Å². The lowest BCUT2D eigenvalue weighted by atomic mass is 10.2. The van der Waals surface area contributed by atoms with E-state index in [4.69, 9.17) is 14.2 Å². The number of aryl methyl sites for hydroxylation is 1. The molecule has 1 aromatic rings. The number of nitrogens with zero attached hydrogens (tertiary/aromatic N) is 1. The number of ether oxygens (including phenoxy) is 3. The van der Waals surface area contributed by atoms with Gasteiger partial charge in [-0.15, -0.1) is 0 Å². The fourth-order valence-corrected chi connectivity index (χ4v) is 2.50. The molecule has 1 unspecified atom stereocenters. The van der Waals surface area contributed by atoms with Crippen molar-refractivity contribution in [3.05, 3.63) is 29.8 Å². The van der Waals surface area contributed by atoms with Crippen molar-refractivity contribution in [1.82, 2.24) is 10.6 Å². The normalized spacial score (nSPS) is 17.5. The van der Waals surface area contributed by atoms with Gasteiger partial charge in [-0.3, -0.25) is 4.99 Å². The first-order valence-corrected chi connectivity index (χ1v) is 9.11. The minimum Gasteiger partial charge on any atom is -0.494 e. The van der Waals surface area contributed by atoms with Crippen LogP contribution in [-0.2, 0) is 9.47 Å². The molecule has 140 valence electrons. The van der Waals surface area contributed by atoms with E-state index in [0.717, 1.165) is 63.9 Å². The molecule has 2 rings (SSSR count). The predicted molar refractivity (Wildman–Crippen MR) is 100 cm³/mol. The van der Waals surface area contributed by atoms with E-state index in [-0.39, 0.29) is 6.10 Å². The third-order valence-electron chi connectivity index (χ3n) is 3.98.